The molecule has 2 aliphatic rings. The zero-order chi connectivity index (χ0) is 17.9. The normalized spacial score (nSPS) is 21.5. The van der Waals surface area contributed by atoms with Crippen molar-refractivity contribution in [1.82, 2.24) is 25.1 Å². The first-order valence-corrected chi connectivity index (χ1v) is 9.61. The van der Waals surface area contributed by atoms with Crippen LogP contribution in [0, 0.1) is 13.8 Å². The molecule has 0 aliphatic carbocycles. The summed E-state index contributed by atoms with van der Waals surface area (Å²) in [6, 6.07) is 6.58. The number of tetrazole rings is 1. The van der Waals surface area contributed by atoms with E-state index in [2.05, 4.69) is 57.4 Å². The van der Waals surface area contributed by atoms with Crippen molar-refractivity contribution in [3.8, 4) is 0 Å². The average Bonchev–Trinajstić information content (AvgIpc) is 3.31. The molecular weight excluding hydrogens is 328 g/mol. The first kappa shape index (κ1) is 17.4. The van der Waals surface area contributed by atoms with Crippen LogP contribution in [-0.4, -0.2) is 64.0 Å². The fourth-order valence-electron chi connectivity index (χ4n) is 3.88. The largest absolute Gasteiger partial charge is 0.376 e. The van der Waals surface area contributed by atoms with Gasteiger partial charge < -0.3 is 9.64 Å². The summed E-state index contributed by atoms with van der Waals surface area (Å²) in [4.78, 5) is 4.94. The van der Waals surface area contributed by atoms with Crippen LogP contribution in [0.5, 0.6) is 0 Å². The lowest BCUT2D eigenvalue weighted by molar-refractivity contribution is 0.0916. The van der Waals surface area contributed by atoms with E-state index in [1.54, 1.807) is 0 Å². The van der Waals surface area contributed by atoms with Gasteiger partial charge in [-0.15, -0.1) is 5.10 Å². The van der Waals surface area contributed by atoms with E-state index in [1.807, 2.05) is 4.68 Å². The van der Waals surface area contributed by atoms with Gasteiger partial charge >= 0.3 is 0 Å². The SMILES string of the molecule is Cc1cccc(N2CCN(Cc3nnnn3CC3CCCO3)CC2)c1C. The van der Waals surface area contributed by atoms with E-state index in [4.69, 9.17) is 4.74 Å². The Hall–Kier alpha value is -1.99. The van der Waals surface area contributed by atoms with Crippen molar-refractivity contribution >= 4 is 5.69 Å². The van der Waals surface area contributed by atoms with Gasteiger partial charge in [-0.1, -0.05) is 12.1 Å². The van der Waals surface area contributed by atoms with Gasteiger partial charge in [0, 0.05) is 38.5 Å². The monoisotopic (exact) mass is 356 g/mol. The minimum absolute atomic E-state index is 0.262. The average molecular weight is 356 g/mol. The summed E-state index contributed by atoms with van der Waals surface area (Å²) in [5.74, 6) is 0.945. The van der Waals surface area contributed by atoms with Crippen LogP contribution in [0.2, 0.25) is 0 Å². The van der Waals surface area contributed by atoms with Crippen molar-refractivity contribution in [1.29, 1.82) is 0 Å². The Labute approximate surface area is 154 Å². The number of aryl methyl sites for hydroxylation is 1. The second-order valence-electron chi connectivity index (χ2n) is 7.39. The molecule has 0 bridgehead atoms. The van der Waals surface area contributed by atoms with Crippen molar-refractivity contribution in [2.45, 2.75) is 45.9 Å². The van der Waals surface area contributed by atoms with Crippen molar-refractivity contribution in [2.24, 2.45) is 0 Å². The Kier molecular flexibility index (Phi) is 5.17. The molecule has 0 radical (unpaired) electrons. The summed E-state index contributed by atoms with van der Waals surface area (Å²) in [5, 5.41) is 12.3. The Morgan fingerprint density at radius 1 is 1.15 bits per heavy atom. The molecule has 1 aromatic carbocycles. The first-order chi connectivity index (χ1) is 12.7. The van der Waals surface area contributed by atoms with E-state index in [1.165, 1.54) is 16.8 Å². The topological polar surface area (TPSA) is 59.3 Å². The number of hydrogen-bond acceptors (Lipinski definition) is 6. The second kappa shape index (κ2) is 7.72. The third-order valence-corrected chi connectivity index (χ3v) is 5.66. The number of piperazine rings is 1. The van der Waals surface area contributed by atoms with Gasteiger partial charge in [-0.05, 0) is 54.3 Å². The first-order valence-electron chi connectivity index (χ1n) is 9.61. The third kappa shape index (κ3) is 3.73. The van der Waals surface area contributed by atoms with E-state index in [-0.39, 0.29) is 6.10 Å². The number of nitrogens with zero attached hydrogens (tertiary/aromatic N) is 6. The molecule has 2 aromatic rings. The molecule has 7 heteroatoms. The fraction of sp³-hybridized carbons (Fsp3) is 0.632. The molecule has 26 heavy (non-hydrogen) atoms. The van der Waals surface area contributed by atoms with Gasteiger partial charge in [-0.3, -0.25) is 4.90 Å². The maximum Gasteiger partial charge on any atom is 0.165 e. The summed E-state index contributed by atoms with van der Waals surface area (Å²) in [6.45, 7) is 11.0. The second-order valence-corrected chi connectivity index (χ2v) is 7.39. The quantitative estimate of drug-likeness (QED) is 0.814. The molecule has 0 amide bonds. The molecule has 2 aliphatic heterocycles. The summed E-state index contributed by atoms with van der Waals surface area (Å²) >= 11 is 0. The highest BCUT2D eigenvalue weighted by molar-refractivity contribution is 5.56. The highest BCUT2D eigenvalue weighted by Crippen LogP contribution is 2.24. The fourth-order valence-corrected chi connectivity index (χ4v) is 3.88. The molecule has 0 spiro atoms. The Balaban J connectivity index is 1.34. The highest BCUT2D eigenvalue weighted by atomic mass is 16.5. The molecule has 1 atom stereocenters. The molecule has 1 aromatic heterocycles. The molecule has 2 fully saturated rings. The van der Waals surface area contributed by atoms with Crippen LogP contribution in [0.1, 0.15) is 29.8 Å². The van der Waals surface area contributed by atoms with E-state index < -0.39 is 0 Å². The number of hydrogen-bond donors (Lipinski definition) is 0. The number of rotatable bonds is 5. The van der Waals surface area contributed by atoms with E-state index in [0.29, 0.717) is 0 Å². The zero-order valence-corrected chi connectivity index (χ0v) is 15.8. The molecule has 140 valence electrons. The Morgan fingerprint density at radius 3 is 2.77 bits per heavy atom. The number of ether oxygens (including phenoxy) is 1. The van der Waals surface area contributed by atoms with Crippen LogP contribution < -0.4 is 4.90 Å². The van der Waals surface area contributed by atoms with Crippen LogP contribution in [0.3, 0.4) is 0 Å². The maximum absolute atomic E-state index is 5.72. The van der Waals surface area contributed by atoms with Gasteiger partial charge in [-0.25, -0.2) is 4.68 Å². The van der Waals surface area contributed by atoms with Crippen LogP contribution >= 0.6 is 0 Å². The van der Waals surface area contributed by atoms with Crippen molar-refractivity contribution in [3.63, 3.8) is 0 Å². The number of benzene rings is 1. The summed E-state index contributed by atoms with van der Waals surface area (Å²) in [6.07, 6.45) is 2.51. The summed E-state index contributed by atoms with van der Waals surface area (Å²) < 4.78 is 7.64. The van der Waals surface area contributed by atoms with Gasteiger partial charge in [0.25, 0.3) is 0 Å². The van der Waals surface area contributed by atoms with Crippen molar-refractivity contribution in [3.05, 3.63) is 35.2 Å². The Morgan fingerprint density at radius 2 is 2.00 bits per heavy atom. The standard InChI is InChI=1S/C19H28N6O/c1-15-5-3-7-18(16(15)2)24-10-8-23(9-11-24)14-19-20-21-22-25(19)13-17-6-4-12-26-17/h3,5,7,17H,4,6,8-14H2,1-2H3. The number of anilines is 1. The van der Waals surface area contributed by atoms with Gasteiger partial charge in [0.1, 0.15) is 0 Å². The lowest BCUT2D eigenvalue weighted by Crippen LogP contribution is -2.46. The molecular formula is C19H28N6O. The molecule has 7 nitrogen and oxygen atoms in total. The third-order valence-electron chi connectivity index (χ3n) is 5.66. The van der Waals surface area contributed by atoms with E-state index >= 15 is 0 Å². The van der Waals surface area contributed by atoms with Crippen LogP contribution in [0.15, 0.2) is 18.2 Å². The predicted molar refractivity (Wildman–Crippen MR) is 100 cm³/mol. The maximum atomic E-state index is 5.72. The summed E-state index contributed by atoms with van der Waals surface area (Å²) in [5.41, 5.74) is 4.12. The highest BCUT2D eigenvalue weighted by Gasteiger charge is 2.22. The smallest absolute Gasteiger partial charge is 0.165 e. The van der Waals surface area contributed by atoms with Gasteiger partial charge in [-0.2, -0.15) is 0 Å². The van der Waals surface area contributed by atoms with E-state index in [9.17, 15) is 0 Å². The van der Waals surface area contributed by atoms with Gasteiger partial charge in [0.15, 0.2) is 5.82 Å². The van der Waals surface area contributed by atoms with Crippen LogP contribution in [0.25, 0.3) is 0 Å². The molecule has 4 rings (SSSR count). The van der Waals surface area contributed by atoms with Crippen molar-refractivity contribution < 1.29 is 4.74 Å². The lowest BCUT2D eigenvalue weighted by atomic mass is 10.1. The van der Waals surface area contributed by atoms with E-state index in [0.717, 1.165) is 64.5 Å². The van der Waals surface area contributed by atoms with Crippen LogP contribution in [-0.2, 0) is 17.8 Å². The van der Waals surface area contributed by atoms with Crippen LogP contribution in [0.4, 0.5) is 5.69 Å². The zero-order valence-electron chi connectivity index (χ0n) is 15.8. The minimum atomic E-state index is 0.262. The Bertz CT molecular complexity index is 731. The molecule has 0 saturated carbocycles. The van der Waals surface area contributed by atoms with Gasteiger partial charge in [0.05, 0.1) is 19.2 Å². The molecule has 1 unspecified atom stereocenters. The molecule has 2 saturated heterocycles. The lowest BCUT2D eigenvalue weighted by Gasteiger charge is -2.36. The molecule has 3 heterocycles. The number of aromatic nitrogens is 4. The van der Waals surface area contributed by atoms with Gasteiger partial charge in [0.2, 0.25) is 0 Å². The predicted octanol–water partition coefficient (Wildman–Crippen LogP) is 1.79. The molecule has 0 N–H and O–H groups in total. The van der Waals surface area contributed by atoms with Crippen molar-refractivity contribution in [2.75, 3.05) is 37.7 Å². The minimum Gasteiger partial charge on any atom is -0.376 e. The summed E-state index contributed by atoms with van der Waals surface area (Å²) in [7, 11) is 0.